The van der Waals surface area contributed by atoms with Crippen molar-refractivity contribution in [3.05, 3.63) is 41.0 Å². The van der Waals surface area contributed by atoms with Crippen molar-refractivity contribution in [2.75, 3.05) is 30.1 Å². The van der Waals surface area contributed by atoms with E-state index in [1.54, 1.807) is 18.3 Å². The van der Waals surface area contributed by atoms with E-state index in [0.717, 1.165) is 31.7 Å². The highest BCUT2D eigenvalue weighted by Gasteiger charge is 2.22. The molecular formula is C18H18ClN3O3. The molecule has 0 bridgehead atoms. The number of hydrogen-bond donors (Lipinski definition) is 1. The number of ether oxygens (including phenoxy) is 2. The Bertz CT molecular complexity index is 806. The Labute approximate surface area is 150 Å². The molecule has 0 aliphatic carbocycles. The van der Waals surface area contributed by atoms with E-state index in [1.807, 2.05) is 12.1 Å². The number of piperidine rings is 1. The van der Waals surface area contributed by atoms with E-state index in [9.17, 15) is 4.79 Å². The predicted molar refractivity (Wildman–Crippen MR) is 95.8 cm³/mol. The van der Waals surface area contributed by atoms with Crippen molar-refractivity contribution < 1.29 is 14.3 Å². The molecule has 1 amide bonds. The number of rotatable bonds is 3. The SMILES string of the molecule is O=C(Nc1cccnc1N1CCCCC1)c1cc(Cl)c2c(c1)OCO2. The molecule has 130 valence electrons. The quantitative estimate of drug-likeness (QED) is 0.905. The number of nitrogens with zero attached hydrogens (tertiary/aromatic N) is 2. The first kappa shape index (κ1) is 16.0. The van der Waals surface area contributed by atoms with Gasteiger partial charge in [0.15, 0.2) is 17.3 Å². The van der Waals surface area contributed by atoms with Crippen molar-refractivity contribution in [2.24, 2.45) is 0 Å². The average Bonchev–Trinajstić information content (AvgIpc) is 3.12. The van der Waals surface area contributed by atoms with Gasteiger partial charge in [-0.2, -0.15) is 0 Å². The number of anilines is 2. The highest BCUT2D eigenvalue weighted by Crippen LogP contribution is 2.40. The predicted octanol–water partition coefficient (Wildman–Crippen LogP) is 3.71. The van der Waals surface area contributed by atoms with Gasteiger partial charge in [-0.15, -0.1) is 0 Å². The van der Waals surface area contributed by atoms with Crippen LogP contribution in [0.4, 0.5) is 11.5 Å². The Morgan fingerprint density at radius 3 is 2.88 bits per heavy atom. The maximum absolute atomic E-state index is 12.7. The molecule has 0 atom stereocenters. The van der Waals surface area contributed by atoms with E-state index < -0.39 is 0 Å². The number of amides is 1. The standard InChI is InChI=1S/C18H18ClN3O3/c19-13-9-12(10-15-16(13)25-11-24-15)18(23)21-14-5-4-6-20-17(14)22-7-2-1-3-8-22/h4-6,9-10H,1-3,7-8,11H2,(H,21,23). The normalized spacial score (nSPS) is 16.0. The number of hydrogen-bond acceptors (Lipinski definition) is 5. The van der Waals surface area contributed by atoms with Crippen LogP contribution in [0.25, 0.3) is 0 Å². The van der Waals surface area contributed by atoms with Crippen LogP contribution in [0, 0.1) is 0 Å². The average molecular weight is 360 g/mol. The van der Waals surface area contributed by atoms with Crippen molar-refractivity contribution in [3.63, 3.8) is 0 Å². The molecule has 2 aromatic rings. The molecule has 25 heavy (non-hydrogen) atoms. The number of aromatic nitrogens is 1. The van der Waals surface area contributed by atoms with Gasteiger partial charge in [0.05, 0.1) is 10.7 Å². The Hall–Kier alpha value is -2.47. The molecule has 3 heterocycles. The summed E-state index contributed by atoms with van der Waals surface area (Å²) in [5.41, 5.74) is 1.12. The number of nitrogens with one attached hydrogen (secondary N) is 1. The van der Waals surface area contributed by atoms with Gasteiger partial charge in [-0.05, 0) is 43.5 Å². The fraction of sp³-hybridized carbons (Fsp3) is 0.333. The lowest BCUT2D eigenvalue weighted by molar-refractivity contribution is 0.102. The zero-order valence-corrected chi connectivity index (χ0v) is 14.4. The minimum absolute atomic E-state index is 0.113. The van der Waals surface area contributed by atoms with Crippen LogP contribution >= 0.6 is 11.6 Å². The van der Waals surface area contributed by atoms with Gasteiger partial charge in [0, 0.05) is 24.8 Å². The molecule has 4 rings (SSSR count). The van der Waals surface area contributed by atoms with Crippen molar-refractivity contribution in [1.29, 1.82) is 0 Å². The third-order valence-corrected chi connectivity index (χ3v) is 4.66. The van der Waals surface area contributed by atoms with Gasteiger partial charge in [-0.3, -0.25) is 4.79 Å². The fourth-order valence-electron chi connectivity index (χ4n) is 3.15. The zero-order chi connectivity index (χ0) is 17.2. The van der Waals surface area contributed by atoms with E-state index in [1.165, 1.54) is 6.42 Å². The number of fused-ring (bicyclic) bond motifs is 1. The molecule has 0 unspecified atom stereocenters. The van der Waals surface area contributed by atoms with E-state index in [4.69, 9.17) is 21.1 Å². The molecule has 0 saturated carbocycles. The van der Waals surface area contributed by atoms with Crippen LogP contribution < -0.4 is 19.7 Å². The van der Waals surface area contributed by atoms with Crippen molar-refractivity contribution in [1.82, 2.24) is 4.98 Å². The van der Waals surface area contributed by atoms with Crippen LogP contribution in [-0.4, -0.2) is 30.8 Å². The Morgan fingerprint density at radius 1 is 1.20 bits per heavy atom. The molecule has 1 fully saturated rings. The summed E-state index contributed by atoms with van der Waals surface area (Å²) in [5.74, 6) is 1.52. The molecule has 1 saturated heterocycles. The van der Waals surface area contributed by atoms with Crippen LogP contribution in [0.5, 0.6) is 11.5 Å². The summed E-state index contributed by atoms with van der Waals surface area (Å²) in [5, 5.41) is 3.31. The Kier molecular flexibility index (Phi) is 4.36. The molecule has 7 heteroatoms. The van der Waals surface area contributed by atoms with Crippen molar-refractivity contribution >= 4 is 29.0 Å². The summed E-state index contributed by atoms with van der Waals surface area (Å²) in [6.45, 7) is 2.02. The van der Waals surface area contributed by atoms with Gasteiger partial charge >= 0.3 is 0 Å². The lowest BCUT2D eigenvalue weighted by Gasteiger charge is -2.29. The van der Waals surface area contributed by atoms with Gasteiger partial charge < -0.3 is 19.7 Å². The van der Waals surface area contributed by atoms with Gasteiger partial charge in [0.25, 0.3) is 5.91 Å². The second-order valence-corrected chi connectivity index (χ2v) is 6.48. The zero-order valence-electron chi connectivity index (χ0n) is 13.6. The minimum atomic E-state index is -0.258. The number of carbonyl (C=O) groups excluding carboxylic acids is 1. The molecule has 1 aromatic heterocycles. The van der Waals surface area contributed by atoms with Crippen molar-refractivity contribution in [3.8, 4) is 11.5 Å². The van der Waals surface area contributed by atoms with E-state index >= 15 is 0 Å². The lowest BCUT2D eigenvalue weighted by atomic mass is 10.1. The fourth-order valence-corrected chi connectivity index (χ4v) is 3.41. The van der Waals surface area contributed by atoms with Crippen LogP contribution in [0.15, 0.2) is 30.5 Å². The molecule has 6 nitrogen and oxygen atoms in total. The third kappa shape index (κ3) is 3.22. The van der Waals surface area contributed by atoms with Crippen LogP contribution in [-0.2, 0) is 0 Å². The van der Waals surface area contributed by atoms with Crippen LogP contribution in [0.2, 0.25) is 5.02 Å². The second-order valence-electron chi connectivity index (χ2n) is 6.07. The van der Waals surface area contributed by atoms with Gasteiger partial charge in [0.1, 0.15) is 0 Å². The van der Waals surface area contributed by atoms with Gasteiger partial charge in [0.2, 0.25) is 6.79 Å². The molecule has 2 aliphatic heterocycles. The Morgan fingerprint density at radius 2 is 2.04 bits per heavy atom. The molecule has 1 N–H and O–H groups in total. The molecular weight excluding hydrogens is 342 g/mol. The maximum Gasteiger partial charge on any atom is 0.255 e. The molecule has 0 radical (unpaired) electrons. The minimum Gasteiger partial charge on any atom is -0.454 e. The molecule has 1 aromatic carbocycles. The van der Waals surface area contributed by atoms with E-state index in [2.05, 4.69) is 15.2 Å². The number of benzene rings is 1. The maximum atomic E-state index is 12.7. The molecule has 0 spiro atoms. The highest BCUT2D eigenvalue weighted by atomic mass is 35.5. The van der Waals surface area contributed by atoms with E-state index in [0.29, 0.717) is 27.8 Å². The topological polar surface area (TPSA) is 63.7 Å². The summed E-state index contributed by atoms with van der Waals surface area (Å²) in [4.78, 5) is 19.4. The first-order valence-electron chi connectivity index (χ1n) is 8.33. The second kappa shape index (κ2) is 6.80. The van der Waals surface area contributed by atoms with E-state index in [-0.39, 0.29) is 12.7 Å². The van der Waals surface area contributed by atoms with Crippen molar-refractivity contribution in [2.45, 2.75) is 19.3 Å². The number of carbonyl (C=O) groups is 1. The first-order valence-corrected chi connectivity index (χ1v) is 8.70. The lowest BCUT2D eigenvalue weighted by Crippen LogP contribution is -2.31. The van der Waals surface area contributed by atoms with Crippen LogP contribution in [0.3, 0.4) is 0 Å². The molecule has 2 aliphatic rings. The summed E-state index contributed by atoms with van der Waals surface area (Å²) >= 11 is 6.17. The third-order valence-electron chi connectivity index (χ3n) is 4.38. The first-order chi connectivity index (χ1) is 12.2. The van der Waals surface area contributed by atoms with Crippen LogP contribution in [0.1, 0.15) is 29.6 Å². The smallest absolute Gasteiger partial charge is 0.255 e. The monoisotopic (exact) mass is 359 g/mol. The van der Waals surface area contributed by atoms with Gasteiger partial charge in [-0.1, -0.05) is 11.6 Å². The summed E-state index contributed by atoms with van der Waals surface area (Å²) in [6.07, 6.45) is 5.27. The summed E-state index contributed by atoms with van der Waals surface area (Å²) in [7, 11) is 0. The van der Waals surface area contributed by atoms with Gasteiger partial charge in [-0.25, -0.2) is 4.98 Å². The highest BCUT2D eigenvalue weighted by molar-refractivity contribution is 6.32. The number of halogens is 1. The summed E-state index contributed by atoms with van der Waals surface area (Å²) in [6, 6.07) is 6.90. The summed E-state index contributed by atoms with van der Waals surface area (Å²) < 4.78 is 10.6. The number of pyridine rings is 1. The Balaban J connectivity index is 1.58. The largest absolute Gasteiger partial charge is 0.454 e.